The Hall–Kier alpha value is -3.22. The molecular formula is C17H16NO6-. The molecule has 7 heteroatoms. The summed E-state index contributed by atoms with van der Waals surface area (Å²) < 4.78 is 15.2. The molecule has 126 valence electrons. The molecule has 2 rings (SSSR count). The van der Waals surface area contributed by atoms with E-state index >= 15 is 0 Å². The Morgan fingerprint density at radius 3 is 2.21 bits per heavy atom. The first kappa shape index (κ1) is 17.1. The summed E-state index contributed by atoms with van der Waals surface area (Å²) in [6.45, 7) is 0. The number of anilines is 1. The van der Waals surface area contributed by atoms with Gasteiger partial charge in [-0.05, 0) is 24.3 Å². The topological polar surface area (TPSA) is 96.9 Å². The third kappa shape index (κ3) is 3.57. The lowest BCUT2D eigenvalue weighted by atomic mass is 10.1. The van der Waals surface area contributed by atoms with Gasteiger partial charge in [-0.3, -0.25) is 4.79 Å². The fourth-order valence-corrected chi connectivity index (χ4v) is 2.11. The van der Waals surface area contributed by atoms with Crippen LogP contribution in [0.4, 0.5) is 5.69 Å². The Morgan fingerprint density at radius 2 is 1.62 bits per heavy atom. The van der Waals surface area contributed by atoms with E-state index in [1.54, 1.807) is 18.2 Å². The van der Waals surface area contributed by atoms with Crippen LogP contribution in [0, 0.1) is 0 Å². The molecule has 0 aliphatic carbocycles. The summed E-state index contributed by atoms with van der Waals surface area (Å²) >= 11 is 0. The van der Waals surface area contributed by atoms with E-state index in [0.29, 0.717) is 11.3 Å². The number of carboxylic acids is 1. The average molecular weight is 330 g/mol. The number of methoxy groups -OCH3 is 3. The van der Waals surface area contributed by atoms with Crippen molar-refractivity contribution in [1.29, 1.82) is 0 Å². The van der Waals surface area contributed by atoms with Crippen molar-refractivity contribution in [2.75, 3.05) is 26.6 Å². The summed E-state index contributed by atoms with van der Waals surface area (Å²) in [5.41, 5.74) is 0.137. The molecule has 0 saturated carbocycles. The summed E-state index contributed by atoms with van der Waals surface area (Å²) in [4.78, 5) is 23.7. The Labute approximate surface area is 138 Å². The lowest BCUT2D eigenvalue weighted by molar-refractivity contribution is -0.254. The molecule has 0 unspecified atom stereocenters. The molecule has 0 bridgehead atoms. The van der Waals surface area contributed by atoms with E-state index in [1.807, 2.05) is 0 Å². The summed E-state index contributed by atoms with van der Waals surface area (Å²) in [6.07, 6.45) is 0. The summed E-state index contributed by atoms with van der Waals surface area (Å²) in [5, 5.41) is 13.9. The minimum Gasteiger partial charge on any atom is -0.545 e. The normalized spacial score (nSPS) is 9.96. The van der Waals surface area contributed by atoms with Gasteiger partial charge >= 0.3 is 0 Å². The van der Waals surface area contributed by atoms with Crippen LogP contribution in [0.1, 0.15) is 20.7 Å². The van der Waals surface area contributed by atoms with Gasteiger partial charge in [0.15, 0.2) is 11.5 Å². The van der Waals surface area contributed by atoms with Crippen LogP contribution in [0.15, 0.2) is 36.4 Å². The van der Waals surface area contributed by atoms with E-state index < -0.39 is 11.9 Å². The predicted molar refractivity (Wildman–Crippen MR) is 84.8 cm³/mol. The molecule has 1 amide bonds. The number of amides is 1. The lowest BCUT2D eigenvalue weighted by Gasteiger charge is -2.16. The third-order valence-electron chi connectivity index (χ3n) is 3.32. The largest absolute Gasteiger partial charge is 0.545 e. The maximum absolute atomic E-state index is 12.4. The monoisotopic (exact) mass is 330 g/mol. The molecule has 24 heavy (non-hydrogen) atoms. The smallest absolute Gasteiger partial charge is 0.255 e. The van der Waals surface area contributed by atoms with Gasteiger partial charge < -0.3 is 29.4 Å². The van der Waals surface area contributed by atoms with Gasteiger partial charge in [0, 0.05) is 17.2 Å². The number of benzene rings is 2. The minimum atomic E-state index is -1.45. The van der Waals surface area contributed by atoms with Gasteiger partial charge in [0.2, 0.25) is 0 Å². The molecule has 0 radical (unpaired) electrons. The molecule has 0 aliphatic rings. The summed E-state index contributed by atoms with van der Waals surface area (Å²) in [7, 11) is 4.27. The molecule has 0 aliphatic heterocycles. The standard InChI is InChI=1S/C17H17NO6/c1-22-11-6-4-5-10(7-11)16(19)18-13-9-15(24-3)14(23-2)8-12(13)17(20)21/h4-9H,1-3H3,(H,18,19)(H,20,21)/p-1. The number of hydrogen-bond donors (Lipinski definition) is 1. The number of carbonyl (C=O) groups excluding carboxylic acids is 2. The number of ether oxygens (including phenoxy) is 3. The Bertz CT molecular complexity index is 772. The Balaban J connectivity index is 2.40. The lowest BCUT2D eigenvalue weighted by Crippen LogP contribution is -2.25. The number of carbonyl (C=O) groups is 2. The molecular weight excluding hydrogens is 314 g/mol. The van der Waals surface area contributed by atoms with E-state index in [9.17, 15) is 14.7 Å². The maximum atomic E-state index is 12.4. The van der Waals surface area contributed by atoms with E-state index in [0.717, 1.165) is 0 Å². The van der Waals surface area contributed by atoms with Crippen molar-refractivity contribution in [3.8, 4) is 17.2 Å². The van der Waals surface area contributed by atoms with Crippen molar-refractivity contribution < 1.29 is 28.9 Å². The molecule has 0 spiro atoms. The molecule has 7 nitrogen and oxygen atoms in total. The van der Waals surface area contributed by atoms with Crippen molar-refractivity contribution >= 4 is 17.6 Å². The zero-order valence-electron chi connectivity index (χ0n) is 13.4. The van der Waals surface area contributed by atoms with Crippen LogP contribution in [-0.4, -0.2) is 33.2 Å². The van der Waals surface area contributed by atoms with Gasteiger partial charge in [-0.25, -0.2) is 0 Å². The van der Waals surface area contributed by atoms with Crippen molar-refractivity contribution in [3.05, 3.63) is 47.5 Å². The fourth-order valence-electron chi connectivity index (χ4n) is 2.11. The SMILES string of the molecule is COc1cccc(C(=O)Nc2cc(OC)c(OC)cc2C(=O)[O-])c1. The zero-order valence-corrected chi connectivity index (χ0v) is 13.4. The summed E-state index contributed by atoms with van der Waals surface area (Å²) in [6, 6.07) is 9.06. The first-order valence-corrected chi connectivity index (χ1v) is 6.93. The first-order valence-electron chi connectivity index (χ1n) is 6.93. The van der Waals surface area contributed by atoms with Crippen molar-refractivity contribution in [2.24, 2.45) is 0 Å². The second kappa shape index (κ2) is 7.36. The van der Waals surface area contributed by atoms with E-state index in [4.69, 9.17) is 14.2 Å². The molecule has 0 atom stereocenters. The number of rotatable bonds is 6. The van der Waals surface area contributed by atoms with Crippen LogP contribution in [0.5, 0.6) is 17.2 Å². The Morgan fingerprint density at radius 1 is 0.958 bits per heavy atom. The van der Waals surface area contributed by atoms with Gasteiger partial charge in [-0.2, -0.15) is 0 Å². The van der Waals surface area contributed by atoms with Crippen molar-refractivity contribution in [2.45, 2.75) is 0 Å². The van der Waals surface area contributed by atoms with Crippen LogP contribution in [0.3, 0.4) is 0 Å². The molecule has 2 aromatic carbocycles. The number of nitrogens with one attached hydrogen (secondary N) is 1. The maximum Gasteiger partial charge on any atom is 0.255 e. The molecule has 0 saturated heterocycles. The Kier molecular flexibility index (Phi) is 5.26. The van der Waals surface area contributed by atoms with E-state index in [-0.39, 0.29) is 22.7 Å². The fraction of sp³-hybridized carbons (Fsp3) is 0.176. The van der Waals surface area contributed by atoms with Crippen LogP contribution < -0.4 is 24.6 Å². The third-order valence-corrected chi connectivity index (χ3v) is 3.32. The highest BCUT2D eigenvalue weighted by Gasteiger charge is 2.15. The van der Waals surface area contributed by atoms with Gasteiger partial charge in [0.25, 0.3) is 5.91 Å². The highest BCUT2D eigenvalue weighted by atomic mass is 16.5. The zero-order chi connectivity index (χ0) is 17.7. The predicted octanol–water partition coefficient (Wildman–Crippen LogP) is 1.33. The quantitative estimate of drug-likeness (QED) is 0.858. The van der Waals surface area contributed by atoms with E-state index in [2.05, 4.69) is 5.32 Å². The molecule has 0 fully saturated rings. The average Bonchev–Trinajstić information content (AvgIpc) is 2.60. The number of aromatic carboxylic acids is 1. The number of carboxylic acid groups (broad SMARTS) is 1. The highest BCUT2D eigenvalue weighted by Crippen LogP contribution is 2.33. The first-order chi connectivity index (χ1) is 11.5. The van der Waals surface area contributed by atoms with Crippen molar-refractivity contribution in [3.63, 3.8) is 0 Å². The van der Waals surface area contributed by atoms with Gasteiger partial charge in [-0.1, -0.05) is 6.07 Å². The molecule has 1 N–H and O–H groups in total. The van der Waals surface area contributed by atoms with Crippen LogP contribution >= 0.6 is 0 Å². The second-order valence-corrected chi connectivity index (χ2v) is 4.73. The second-order valence-electron chi connectivity index (χ2n) is 4.73. The minimum absolute atomic E-state index is 0.0421. The molecule has 0 aromatic heterocycles. The van der Waals surface area contributed by atoms with Gasteiger partial charge in [-0.15, -0.1) is 0 Å². The van der Waals surface area contributed by atoms with Crippen molar-refractivity contribution in [1.82, 2.24) is 0 Å². The molecule has 0 heterocycles. The van der Waals surface area contributed by atoms with Gasteiger partial charge in [0.1, 0.15) is 5.75 Å². The molecule has 2 aromatic rings. The van der Waals surface area contributed by atoms with Crippen LogP contribution in [0.2, 0.25) is 0 Å². The number of hydrogen-bond acceptors (Lipinski definition) is 6. The summed E-state index contributed by atoms with van der Waals surface area (Å²) in [5.74, 6) is -0.935. The van der Waals surface area contributed by atoms with Crippen LogP contribution in [0.25, 0.3) is 0 Å². The van der Waals surface area contributed by atoms with Crippen LogP contribution in [-0.2, 0) is 0 Å². The van der Waals surface area contributed by atoms with Gasteiger partial charge in [0.05, 0.1) is 33.0 Å². The highest BCUT2D eigenvalue weighted by molar-refractivity contribution is 6.08. The van der Waals surface area contributed by atoms with E-state index in [1.165, 1.54) is 39.5 Å².